The molecule has 21 heavy (non-hydrogen) atoms. The highest BCUT2D eigenvalue weighted by Gasteiger charge is 2.10. The highest BCUT2D eigenvalue weighted by Crippen LogP contribution is 2.15. The molecule has 5 heteroatoms. The van der Waals surface area contributed by atoms with Crippen molar-refractivity contribution in [2.45, 2.75) is 6.92 Å². The number of rotatable bonds is 2. The van der Waals surface area contributed by atoms with Gasteiger partial charge < -0.3 is 10.4 Å². The highest BCUT2D eigenvalue weighted by molar-refractivity contribution is 6.04. The maximum absolute atomic E-state index is 13.8. The lowest BCUT2D eigenvalue weighted by atomic mass is 10.1. The van der Waals surface area contributed by atoms with Crippen molar-refractivity contribution in [3.63, 3.8) is 0 Å². The second-order valence-corrected chi connectivity index (χ2v) is 4.30. The van der Waals surface area contributed by atoms with Crippen LogP contribution in [-0.2, 0) is 0 Å². The van der Waals surface area contributed by atoms with E-state index < -0.39 is 11.7 Å². The fraction of sp³-hybridized carbons (Fsp3) is 0.125. The third kappa shape index (κ3) is 3.65. The van der Waals surface area contributed by atoms with Crippen LogP contribution in [0, 0.1) is 24.6 Å². The van der Waals surface area contributed by atoms with Crippen LogP contribution in [0.3, 0.4) is 0 Å². The fourth-order valence-corrected chi connectivity index (χ4v) is 1.68. The third-order valence-electron chi connectivity index (χ3n) is 2.82. The van der Waals surface area contributed by atoms with Gasteiger partial charge in [0, 0.05) is 11.8 Å². The van der Waals surface area contributed by atoms with E-state index in [0.717, 1.165) is 11.6 Å². The number of carbonyl (C=O) groups is 1. The van der Waals surface area contributed by atoms with Crippen LogP contribution in [0.15, 0.2) is 36.7 Å². The number of halogens is 1. The van der Waals surface area contributed by atoms with E-state index in [2.05, 4.69) is 22.1 Å². The number of amides is 1. The van der Waals surface area contributed by atoms with Crippen LogP contribution in [0.2, 0.25) is 0 Å². The van der Waals surface area contributed by atoms with E-state index in [1.165, 1.54) is 18.3 Å². The molecule has 1 aromatic heterocycles. The van der Waals surface area contributed by atoms with Crippen molar-refractivity contribution in [2.75, 3.05) is 11.9 Å². The lowest BCUT2D eigenvalue weighted by Gasteiger charge is -2.07. The van der Waals surface area contributed by atoms with E-state index in [0.29, 0.717) is 5.69 Å². The first kappa shape index (κ1) is 14.7. The first-order valence-electron chi connectivity index (χ1n) is 6.23. The first-order valence-corrected chi connectivity index (χ1v) is 6.23. The van der Waals surface area contributed by atoms with Crippen LogP contribution in [0.1, 0.15) is 21.5 Å². The Hall–Kier alpha value is -2.71. The predicted octanol–water partition coefficient (Wildman–Crippen LogP) is 2.13. The molecule has 0 atom stereocenters. The number of aryl methyl sites for hydroxylation is 1. The number of nitrogens with zero attached hydrogens (tertiary/aromatic N) is 1. The molecule has 0 saturated carbocycles. The van der Waals surface area contributed by atoms with Gasteiger partial charge in [0.25, 0.3) is 5.91 Å². The molecule has 1 aromatic carbocycles. The summed E-state index contributed by atoms with van der Waals surface area (Å²) >= 11 is 0. The molecular formula is C16H13FN2O2. The zero-order chi connectivity index (χ0) is 15.2. The summed E-state index contributed by atoms with van der Waals surface area (Å²) in [5.41, 5.74) is 1.76. The molecular weight excluding hydrogens is 271 g/mol. The van der Waals surface area contributed by atoms with Gasteiger partial charge in [0.15, 0.2) is 0 Å². The Labute approximate surface area is 121 Å². The monoisotopic (exact) mass is 284 g/mol. The number of benzene rings is 1. The minimum Gasteiger partial charge on any atom is -0.384 e. The topological polar surface area (TPSA) is 62.2 Å². The summed E-state index contributed by atoms with van der Waals surface area (Å²) in [6.45, 7) is 1.49. The maximum atomic E-state index is 13.8. The van der Waals surface area contributed by atoms with Crippen LogP contribution in [0.5, 0.6) is 0 Å². The molecule has 0 fully saturated rings. The largest absolute Gasteiger partial charge is 0.384 e. The third-order valence-corrected chi connectivity index (χ3v) is 2.82. The van der Waals surface area contributed by atoms with Gasteiger partial charge in [-0.1, -0.05) is 11.8 Å². The number of carbonyl (C=O) groups excluding carboxylic acids is 1. The number of hydrogen-bond acceptors (Lipinski definition) is 3. The Bertz CT molecular complexity index is 733. The molecule has 0 unspecified atom stereocenters. The van der Waals surface area contributed by atoms with Crippen molar-refractivity contribution in [3.8, 4) is 11.8 Å². The van der Waals surface area contributed by atoms with Crippen LogP contribution in [0.4, 0.5) is 10.1 Å². The van der Waals surface area contributed by atoms with Gasteiger partial charge in [-0.3, -0.25) is 9.78 Å². The van der Waals surface area contributed by atoms with Crippen LogP contribution in [-0.4, -0.2) is 22.6 Å². The molecule has 0 saturated heterocycles. The molecule has 0 radical (unpaired) electrons. The fourth-order valence-electron chi connectivity index (χ4n) is 1.68. The Balaban J connectivity index is 2.21. The Morgan fingerprint density at radius 3 is 2.90 bits per heavy atom. The number of aliphatic hydroxyl groups is 1. The molecule has 0 aliphatic heterocycles. The molecule has 0 spiro atoms. The first-order chi connectivity index (χ1) is 10.1. The molecule has 1 amide bonds. The smallest absolute Gasteiger partial charge is 0.255 e. The van der Waals surface area contributed by atoms with E-state index in [9.17, 15) is 9.18 Å². The van der Waals surface area contributed by atoms with Crippen molar-refractivity contribution in [1.82, 2.24) is 4.98 Å². The lowest BCUT2D eigenvalue weighted by Crippen LogP contribution is -2.13. The SMILES string of the molecule is Cc1ccncc1NC(=O)c1ccc(C#CCO)c(F)c1. The van der Waals surface area contributed by atoms with Crippen molar-refractivity contribution in [2.24, 2.45) is 0 Å². The van der Waals surface area contributed by atoms with Gasteiger partial charge >= 0.3 is 0 Å². The Morgan fingerprint density at radius 2 is 2.24 bits per heavy atom. The van der Waals surface area contributed by atoms with Crippen LogP contribution >= 0.6 is 0 Å². The van der Waals surface area contributed by atoms with Crippen molar-refractivity contribution < 1.29 is 14.3 Å². The Kier molecular flexibility index (Phi) is 4.64. The number of pyridine rings is 1. The zero-order valence-corrected chi connectivity index (χ0v) is 11.4. The number of anilines is 1. The van der Waals surface area contributed by atoms with E-state index in [1.54, 1.807) is 12.3 Å². The van der Waals surface area contributed by atoms with Crippen molar-refractivity contribution >= 4 is 11.6 Å². The lowest BCUT2D eigenvalue weighted by molar-refractivity contribution is 0.102. The van der Waals surface area contributed by atoms with Gasteiger partial charge in [-0.05, 0) is 36.8 Å². The second-order valence-electron chi connectivity index (χ2n) is 4.30. The molecule has 2 rings (SSSR count). The summed E-state index contributed by atoms with van der Waals surface area (Å²) < 4.78 is 13.8. The summed E-state index contributed by atoms with van der Waals surface area (Å²) in [4.78, 5) is 16.0. The van der Waals surface area contributed by atoms with Gasteiger partial charge in [0.05, 0.1) is 17.4 Å². The molecule has 4 nitrogen and oxygen atoms in total. The molecule has 2 aromatic rings. The maximum Gasteiger partial charge on any atom is 0.255 e. The van der Waals surface area contributed by atoms with Crippen LogP contribution < -0.4 is 5.32 Å². The molecule has 0 aliphatic carbocycles. The minimum atomic E-state index is -0.605. The number of nitrogens with one attached hydrogen (secondary N) is 1. The van der Waals surface area contributed by atoms with Gasteiger partial charge in [-0.2, -0.15) is 0 Å². The van der Waals surface area contributed by atoms with Crippen molar-refractivity contribution in [3.05, 3.63) is 59.2 Å². The molecule has 106 valence electrons. The average Bonchev–Trinajstić information content (AvgIpc) is 2.48. The van der Waals surface area contributed by atoms with Gasteiger partial charge in [-0.15, -0.1) is 0 Å². The standard InChI is InChI=1S/C16H13FN2O2/c1-11-6-7-18-10-15(11)19-16(21)13-5-4-12(3-2-8-20)14(17)9-13/h4-7,9-10,20H,8H2,1H3,(H,19,21). The number of aromatic nitrogens is 1. The predicted molar refractivity (Wildman–Crippen MR) is 77.3 cm³/mol. The highest BCUT2D eigenvalue weighted by atomic mass is 19.1. The summed E-state index contributed by atoms with van der Waals surface area (Å²) in [6.07, 6.45) is 3.16. The van der Waals surface area contributed by atoms with Gasteiger partial charge in [0.1, 0.15) is 12.4 Å². The molecule has 0 aliphatic rings. The quantitative estimate of drug-likeness (QED) is 0.830. The van der Waals surface area contributed by atoms with Gasteiger partial charge in [0.2, 0.25) is 0 Å². The number of aliphatic hydroxyl groups excluding tert-OH is 1. The summed E-state index contributed by atoms with van der Waals surface area (Å²) in [5, 5.41) is 11.3. The van der Waals surface area contributed by atoms with E-state index in [-0.39, 0.29) is 17.7 Å². The summed E-state index contributed by atoms with van der Waals surface area (Å²) in [6, 6.07) is 5.76. The minimum absolute atomic E-state index is 0.137. The summed E-state index contributed by atoms with van der Waals surface area (Å²) in [5.74, 6) is 3.80. The van der Waals surface area contributed by atoms with Crippen LogP contribution in [0.25, 0.3) is 0 Å². The van der Waals surface area contributed by atoms with E-state index in [4.69, 9.17) is 5.11 Å². The summed E-state index contributed by atoms with van der Waals surface area (Å²) in [7, 11) is 0. The molecule has 2 N–H and O–H groups in total. The van der Waals surface area contributed by atoms with Gasteiger partial charge in [-0.25, -0.2) is 4.39 Å². The molecule has 0 bridgehead atoms. The Morgan fingerprint density at radius 1 is 1.43 bits per heavy atom. The zero-order valence-electron chi connectivity index (χ0n) is 11.4. The number of hydrogen-bond donors (Lipinski definition) is 2. The van der Waals surface area contributed by atoms with E-state index >= 15 is 0 Å². The normalized spacial score (nSPS) is 9.67. The second kappa shape index (κ2) is 6.64. The average molecular weight is 284 g/mol. The van der Waals surface area contributed by atoms with E-state index in [1.807, 2.05) is 6.92 Å². The molecule has 1 heterocycles. The van der Waals surface area contributed by atoms with Crippen molar-refractivity contribution in [1.29, 1.82) is 0 Å².